The van der Waals surface area contributed by atoms with E-state index in [0.717, 1.165) is 17.9 Å². The number of hydrogen-bond acceptors (Lipinski definition) is 1. The van der Waals surface area contributed by atoms with Gasteiger partial charge in [-0.25, -0.2) is 4.79 Å². The molecule has 2 aliphatic carbocycles. The van der Waals surface area contributed by atoms with Crippen LogP contribution in [0.5, 0.6) is 0 Å². The Balaban J connectivity index is 2.53. The normalized spacial score (nSPS) is 43.2. The first-order valence-corrected chi connectivity index (χ1v) is 4.77. The molecule has 1 heteroatoms. The Bertz CT molecular complexity index is 271. The van der Waals surface area contributed by atoms with E-state index < -0.39 is 0 Å². The van der Waals surface area contributed by atoms with E-state index in [2.05, 4.69) is 26.7 Å². The lowest BCUT2D eigenvalue weighted by atomic mass is 9.69. The summed E-state index contributed by atoms with van der Waals surface area (Å²) in [6.07, 6.45) is 3.50. The van der Waals surface area contributed by atoms with Crippen LogP contribution in [-0.2, 0) is 4.79 Å². The van der Waals surface area contributed by atoms with E-state index in [4.69, 9.17) is 0 Å². The van der Waals surface area contributed by atoms with Crippen LogP contribution in [0.4, 0.5) is 0 Å². The van der Waals surface area contributed by atoms with Crippen LogP contribution in [0.1, 0.15) is 40.0 Å². The van der Waals surface area contributed by atoms with Crippen molar-refractivity contribution in [2.45, 2.75) is 40.0 Å². The summed E-state index contributed by atoms with van der Waals surface area (Å²) in [5, 5.41) is 0. The molecule has 0 N–H and O–H groups in total. The van der Waals surface area contributed by atoms with Gasteiger partial charge in [-0.05, 0) is 30.6 Å². The van der Waals surface area contributed by atoms with E-state index in [1.165, 1.54) is 12.8 Å². The van der Waals surface area contributed by atoms with Gasteiger partial charge in [0.25, 0.3) is 0 Å². The Hall–Kier alpha value is -0.550. The predicted molar refractivity (Wildman–Crippen MR) is 48.4 cm³/mol. The summed E-state index contributed by atoms with van der Waals surface area (Å²) in [6, 6.07) is 0. The van der Waals surface area contributed by atoms with Crippen LogP contribution in [0, 0.1) is 16.7 Å². The maximum absolute atomic E-state index is 10.7. The lowest BCUT2D eigenvalue weighted by Gasteiger charge is -2.34. The van der Waals surface area contributed by atoms with Gasteiger partial charge in [0.15, 0.2) is 0 Å². The quantitative estimate of drug-likeness (QED) is 0.503. The lowest BCUT2D eigenvalue weighted by Crippen LogP contribution is -2.28. The standard InChI is InChI=1S/C11H16O/c1-10(2)8-4-5-11(10,3)9(6-8)7-12/h8H,4-6H2,1-3H3. The van der Waals surface area contributed by atoms with Gasteiger partial charge in [-0.2, -0.15) is 0 Å². The maximum Gasteiger partial charge on any atom is 0.124 e. The van der Waals surface area contributed by atoms with Gasteiger partial charge >= 0.3 is 0 Å². The van der Waals surface area contributed by atoms with Crippen LogP contribution in [0.3, 0.4) is 0 Å². The molecular formula is C11H16O. The summed E-state index contributed by atoms with van der Waals surface area (Å²) < 4.78 is 0. The molecule has 12 heavy (non-hydrogen) atoms. The van der Waals surface area contributed by atoms with E-state index in [1.54, 1.807) is 0 Å². The highest BCUT2D eigenvalue weighted by Gasteiger charge is 2.59. The van der Waals surface area contributed by atoms with Crippen LogP contribution >= 0.6 is 0 Å². The van der Waals surface area contributed by atoms with E-state index in [1.807, 2.05) is 0 Å². The Morgan fingerprint density at radius 3 is 2.33 bits per heavy atom. The first-order chi connectivity index (χ1) is 5.52. The molecule has 66 valence electrons. The Morgan fingerprint density at radius 2 is 2.08 bits per heavy atom. The molecule has 0 aliphatic heterocycles. The minimum absolute atomic E-state index is 0.166. The molecule has 2 fully saturated rings. The van der Waals surface area contributed by atoms with Crippen LogP contribution < -0.4 is 0 Å². The molecule has 2 saturated carbocycles. The number of allylic oxidation sites excluding steroid dienone is 1. The van der Waals surface area contributed by atoms with Gasteiger partial charge in [0, 0.05) is 11.0 Å². The molecule has 0 spiro atoms. The minimum Gasteiger partial charge on any atom is -0.234 e. The van der Waals surface area contributed by atoms with Crippen LogP contribution in [0.25, 0.3) is 0 Å². The van der Waals surface area contributed by atoms with Crippen molar-refractivity contribution in [1.29, 1.82) is 0 Å². The predicted octanol–water partition coefficient (Wildman–Crippen LogP) is 2.59. The minimum atomic E-state index is 0.166. The molecule has 2 bridgehead atoms. The number of carbonyl (C=O) groups excluding carboxylic acids is 1. The van der Waals surface area contributed by atoms with E-state index in [9.17, 15) is 4.79 Å². The van der Waals surface area contributed by atoms with Crippen LogP contribution in [-0.4, -0.2) is 5.94 Å². The highest BCUT2D eigenvalue weighted by molar-refractivity contribution is 5.58. The van der Waals surface area contributed by atoms with Crippen molar-refractivity contribution in [3.05, 3.63) is 5.57 Å². The van der Waals surface area contributed by atoms with Gasteiger partial charge < -0.3 is 0 Å². The summed E-state index contributed by atoms with van der Waals surface area (Å²) in [7, 11) is 0. The summed E-state index contributed by atoms with van der Waals surface area (Å²) in [5.41, 5.74) is 1.54. The summed E-state index contributed by atoms with van der Waals surface area (Å²) in [6.45, 7) is 6.84. The zero-order valence-corrected chi connectivity index (χ0v) is 8.11. The molecule has 0 aromatic rings. The van der Waals surface area contributed by atoms with Crippen molar-refractivity contribution in [2.75, 3.05) is 0 Å². The second kappa shape index (κ2) is 2.03. The molecule has 0 saturated heterocycles. The smallest absolute Gasteiger partial charge is 0.124 e. The molecule has 0 radical (unpaired) electrons. The summed E-state index contributed by atoms with van der Waals surface area (Å²) in [4.78, 5) is 10.7. The Labute approximate surface area is 73.8 Å². The average Bonchev–Trinajstić information content (AvgIpc) is 2.34. The first kappa shape index (κ1) is 8.07. The fraction of sp³-hybridized carbons (Fsp3) is 0.818. The monoisotopic (exact) mass is 164 g/mol. The van der Waals surface area contributed by atoms with Gasteiger partial charge in [-0.15, -0.1) is 0 Å². The van der Waals surface area contributed by atoms with Gasteiger partial charge in [0.1, 0.15) is 5.94 Å². The second-order valence-electron chi connectivity index (χ2n) is 5.07. The van der Waals surface area contributed by atoms with Crippen LogP contribution in [0.15, 0.2) is 5.57 Å². The molecule has 0 amide bonds. The largest absolute Gasteiger partial charge is 0.234 e. The molecule has 0 aromatic heterocycles. The molecular weight excluding hydrogens is 148 g/mol. The topological polar surface area (TPSA) is 17.1 Å². The molecule has 1 nitrogen and oxygen atoms in total. The first-order valence-electron chi connectivity index (χ1n) is 4.77. The second-order valence-corrected chi connectivity index (χ2v) is 5.07. The Kier molecular flexibility index (Phi) is 1.36. The average molecular weight is 164 g/mol. The fourth-order valence-electron chi connectivity index (χ4n) is 3.12. The van der Waals surface area contributed by atoms with Crippen molar-refractivity contribution in [3.8, 4) is 0 Å². The van der Waals surface area contributed by atoms with E-state index in [-0.39, 0.29) is 5.41 Å². The van der Waals surface area contributed by atoms with Gasteiger partial charge in [-0.1, -0.05) is 20.8 Å². The third-order valence-corrected chi connectivity index (χ3v) is 4.68. The summed E-state index contributed by atoms with van der Waals surface area (Å²) in [5.74, 6) is 2.89. The van der Waals surface area contributed by atoms with Crippen molar-refractivity contribution >= 4 is 5.94 Å². The molecule has 2 rings (SSSR count). The zero-order chi connectivity index (χ0) is 8.98. The molecule has 2 unspecified atom stereocenters. The highest BCUT2D eigenvalue weighted by atomic mass is 16.1. The van der Waals surface area contributed by atoms with Gasteiger partial charge in [0.05, 0.1) is 0 Å². The maximum atomic E-state index is 10.7. The van der Waals surface area contributed by atoms with E-state index in [0.29, 0.717) is 5.41 Å². The number of rotatable bonds is 0. The number of hydrogen-bond donors (Lipinski definition) is 0. The Morgan fingerprint density at radius 1 is 1.42 bits per heavy atom. The van der Waals surface area contributed by atoms with E-state index >= 15 is 0 Å². The SMILES string of the molecule is CC12CCC(CC1=C=O)C2(C)C. The van der Waals surface area contributed by atoms with Crippen molar-refractivity contribution in [2.24, 2.45) is 16.7 Å². The zero-order valence-electron chi connectivity index (χ0n) is 8.11. The highest BCUT2D eigenvalue weighted by Crippen LogP contribution is 2.67. The molecule has 2 atom stereocenters. The molecule has 2 aliphatic rings. The lowest BCUT2D eigenvalue weighted by molar-refractivity contribution is 0.180. The summed E-state index contributed by atoms with van der Waals surface area (Å²) >= 11 is 0. The van der Waals surface area contributed by atoms with Crippen LogP contribution in [0.2, 0.25) is 0 Å². The number of fused-ring (bicyclic) bond motifs is 2. The molecule has 0 heterocycles. The van der Waals surface area contributed by atoms with Gasteiger partial charge in [0.2, 0.25) is 0 Å². The third-order valence-electron chi connectivity index (χ3n) is 4.68. The molecule has 0 aromatic carbocycles. The van der Waals surface area contributed by atoms with Gasteiger partial charge in [-0.3, -0.25) is 0 Å². The third kappa shape index (κ3) is 0.641. The van der Waals surface area contributed by atoms with Crippen molar-refractivity contribution < 1.29 is 4.79 Å². The fourth-order valence-corrected chi connectivity index (χ4v) is 3.12. The van der Waals surface area contributed by atoms with Crippen molar-refractivity contribution in [1.82, 2.24) is 0 Å². The van der Waals surface area contributed by atoms with Crippen molar-refractivity contribution in [3.63, 3.8) is 0 Å².